The van der Waals surface area contributed by atoms with Gasteiger partial charge in [-0.25, -0.2) is 0 Å². The van der Waals surface area contributed by atoms with Crippen molar-refractivity contribution >= 4 is 12.0 Å². The van der Waals surface area contributed by atoms with Crippen molar-refractivity contribution in [1.29, 1.82) is 0 Å². The Morgan fingerprint density at radius 3 is 2.80 bits per heavy atom. The van der Waals surface area contributed by atoms with Crippen LogP contribution in [-0.2, 0) is 8.92 Å². The van der Waals surface area contributed by atoms with E-state index in [1.54, 1.807) is 7.11 Å². The Morgan fingerprint density at radius 1 is 1.33 bits per heavy atom. The van der Waals surface area contributed by atoms with Gasteiger partial charge in [0.25, 0.3) is 0 Å². The van der Waals surface area contributed by atoms with Crippen LogP contribution in [0, 0.1) is 0 Å². The van der Waals surface area contributed by atoms with E-state index in [1.807, 2.05) is 7.05 Å². The molecular weight excluding hydrogens is 212 g/mol. The molecule has 0 saturated carbocycles. The van der Waals surface area contributed by atoms with Gasteiger partial charge in [0, 0.05) is 25.4 Å². The summed E-state index contributed by atoms with van der Waals surface area (Å²) in [7, 11) is 3.66. The molecule has 0 aliphatic carbocycles. The topological polar surface area (TPSA) is 42.5 Å². The number of hydrogen-bond donors (Lipinski definition) is 2. The van der Waals surface area contributed by atoms with Gasteiger partial charge in [0.2, 0.25) is 0 Å². The molecule has 0 bridgehead atoms. The van der Waals surface area contributed by atoms with E-state index >= 15 is 0 Å². The van der Waals surface area contributed by atoms with E-state index in [4.69, 9.17) is 8.92 Å². The van der Waals surface area contributed by atoms with Crippen LogP contribution in [0.3, 0.4) is 0 Å². The number of likely N-dealkylation sites (N-methyl/N-ethyl adjacent to an activating group) is 1. The summed E-state index contributed by atoms with van der Waals surface area (Å²) in [6.07, 6.45) is 1.13. The third kappa shape index (κ3) is 12.1. The first-order valence-electron chi connectivity index (χ1n) is 5.42. The Hall–Kier alpha value is 0.190. The van der Waals surface area contributed by atoms with Crippen molar-refractivity contribution in [2.75, 3.05) is 46.2 Å². The Morgan fingerprint density at radius 2 is 2.13 bits per heavy atom. The Kier molecular flexibility index (Phi) is 12.4. The minimum Gasteiger partial charge on any atom is -0.382 e. The summed E-state index contributed by atoms with van der Waals surface area (Å²) in [5.41, 5.74) is 0. The zero-order valence-corrected chi connectivity index (χ0v) is 10.9. The second kappa shape index (κ2) is 12.3. The van der Waals surface area contributed by atoms with Gasteiger partial charge in [-0.1, -0.05) is 0 Å². The van der Waals surface area contributed by atoms with Crippen LogP contribution in [0.4, 0.5) is 0 Å². The highest BCUT2D eigenvalue weighted by molar-refractivity contribution is 7.94. The molecule has 0 aliphatic heterocycles. The number of hydrogen-bond acceptors (Lipinski definition) is 5. The molecule has 5 heteroatoms. The molecule has 0 spiro atoms. The Balaban J connectivity index is 2.92. The molecule has 0 amide bonds. The van der Waals surface area contributed by atoms with Gasteiger partial charge in [0.1, 0.15) is 0 Å². The molecule has 0 rings (SSSR count). The van der Waals surface area contributed by atoms with Gasteiger partial charge in [0.05, 0.1) is 13.2 Å². The lowest BCUT2D eigenvalue weighted by molar-refractivity contribution is 0.157. The highest BCUT2D eigenvalue weighted by atomic mass is 32.2. The molecular formula is C10H24N2O2S. The first-order chi connectivity index (χ1) is 7.31. The zero-order chi connectivity index (χ0) is 11.4. The lowest BCUT2D eigenvalue weighted by atomic mass is 10.3. The number of nitrogens with one attached hydrogen (secondary N) is 2. The van der Waals surface area contributed by atoms with Crippen LogP contribution in [-0.4, -0.2) is 52.3 Å². The van der Waals surface area contributed by atoms with Crippen molar-refractivity contribution in [2.45, 2.75) is 19.4 Å². The predicted octanol–water partition coefficient (Wildman–Crippen LogP) is 0.885. The van der Waals surface area contributed by atoms with Gasteiger partial charge in [-0.05, 0) is 39.0 Å². The Bertz CT molecular complexity index is 128. The molecule has 0 aromatic rings. The van der Waals surface area contributed by atoms with E-state index in [0.29, 0.717) is 19.3 Å². The molecule has 1 unspecified atom stereocenters. The average molecular weight is 236 g/mol. The highest BCUT2D eigenvalue weighted by Gasteiger charge is 1.96. The van der Waals surface area contributed by atoms with Crippen molar-refractivity contribution in [3.05, 3.63) is 0 Å². The first-order valence-corrected chi connectivity index (χ1v) is 6.33. The molecule has 0 heterocycles. The van der Waals surface area contributed by atoms with Gasteiger partial charge in [0.15, 0.2) is 0 Å². The summed E-state index contributed by atoms with van der Waals surface area (Å²) in [5, 5.41) is 6.57. The van der Waals surface area contributed by atoms with Gasteiger partial charge < -0.3 is 19.6 Å². The highest BCUT2D eigenvalue weighted by Crippen LogP contribution is 2.02. The molecule has 0 radical (unpaired) electrons. The van der Waals surface area contributed by atoms with Crippen molar-refractivity contribution in [3.63, 3.8) is 0 Å². The average Bonchev–Trinajstić information content (AvgIpc) is 2.26. The monoisotopic (exact) mass is 236 g/mol. The lowest BCUT2D eigenvalue weighted by Gasteiger charge is -2.10. The standard InChI is InChI=1S/C10H24N2O2S/c1-10(11-2)9-12-5-4-8-15-14-7-6-13-3/h10-12H,4-9H2,1-3H3. The number of ether oxygens (including phenoxy) is 1. The van der Waals surface area contributed by atoms with Crippen LogP contribution in [0.5, 0.6) is 0 Å². The van der Waals surface area contributed by atoms with Gasteiger partial charge in [-0.15, -0.1) is 0 Å². The maximum absolute atomic E-state index is 5.27. The molecule has 92 valence electrons. The first kappa shape index (κ1) is 15.2. The smallest absolute Gasteiger partial charge is 0.0847 e. The largest absolute Gasteiger partial charge is 0.382 e. The molecule has 0 aliphatic rings. The fourth-order valence-corrected chi connectivity index (χ4v) is 1.48. The molecule has 2 N–H and O–H groups in total. The normalized spacial score (nSPS) is 13.0. The number of methoxy groups -OCH3 is 1. The molecule has 1 atom stereocenters. The van der Waals surface area contributed by atoms with Gasteiger partial charge >= 0.3 is 0 Å². The molecule has 0 fully saturated rings. The molecule has 0 aromatic heterocycles. The van der Waals surface area contributed by atoms with Gasteiger partial charge in [-0.3, -0.25) is 0 Å². The summed E-state index contributed by atoms with van der Waals surface area (Å²) < 4.78 is 10.1. The Labute approximate surface area is 97.7 Å². The van der Waals surface area contributed by atoms with Crippen LogP contribution in [0.1, 0.15) is 13.3 Å². The fraction of sp³-hybridized carbons (Fsp3) is 1.00. The quantitative estimate of drug-likeness (QED) is 0.412. The van der Waals surface area contributed by atoms with Crippen LogP contribution in [0.2, 0.25) is 0 Å². The van der Waals surface area contributed by atoms with Crippen molar-refractivity contribution < 1.29 is 8.92 Å². The van der Waals surface area contributed by atoms with E-state index in [2.05, 4.69) is 17.6 Å². The lowest BCUT2D eigenvalue weighted by Crippen LogP contribution is -2.34. The summed E-state index contributed by atoms with van der Waals surface area (Å²) in [6.45, 7) is 5.57. The summed E-state index contributed by atoms with van der Waals surface area (Å²) in [6, 6.07) is 0.538. The van der Waals surface area contributed by atoms with E-state index in [0.717, 1.165) is 25.3 Å². The molecule has 4 nitrogen and oxygen atoms in total. The SMILES string of the molecule is CNC(C)CNCCCSOCCOC. The predicted molar refractivity (Wildman–Crippen MR) is 66.3 cm³/mol. The van der Waals surface area contributed by atoms with Crippen LogP contribution < -0.4 is 10.6 Å². The second-order valence-electron chi connectivity index (χ2n) is 3.38. The van der Waals surface area contributed by atoms with Crippen LogP contribution in [0.15, 0.2) is 0 Å². The maximum Gasteiger partial charge on any atom is 0.0847 e. The third-order valence-corrected chi connectivity index (χ3v) is 2.77. The zero-order valence-electron chi connectivity index (χ0n) is 10.0. The fourth-order valence-electron chi connectivity index (χ4n) is 0.912. The molecule has 0 aromatic carbocycles. The van der Waals surface area contributed by atoms with E-state index in [1.165, 1.54) is 12.0 Å². The minimum atomic E-state index is 0.538. The summed E-state index contributed by atoms with van der Waals surface area (Å²) in [4.78, 5) is 0. The van der Waals surface area contributed by atoms with Crippen molar-refractivity contribution in [2.24, 2.45) is 0 Å². The molecule has 0 saturated heterocycles. The summed E-state index contributed by atoms with van der Waals surface area (Å²) >= 11 is 1.52. The third-order valence-electron chi connectivity index (χ3n) is 1.98. The second-order valence-corrected chi connectivity index (χ2v) is 4.26. The van der Waals surface area contributed by atoms with E-state index in [9.17, 15) is 0 Å². The van der Waals surface area contributed by atoms with E-state index < -0.39 is 0 Å². The molecule has 15 heavy (non-hydrogen) atoms. The number of rotatable bonds is 11. The summed E-state index contributed by atoms with van der Waals surface area (Å²) in [5.74, 6) is 1.03. The van der Waals surface area contributed by atoms with Crippen molar-refractivity contribution in [3.8, 4) is 0 Å². The van der Waals surface area contributed by atoms with Crippen LogP contribution >= 0.6 is 12.0 Å². The van der Waals surface area contributed by atoms with Crippen molar-refractivity contribution in [1.82, 2.24) is 10.6 Å². The van der Waals surface area contributed by atoms with Gasteiger partial charge in [-0.2, -0.15) is 0 Å². The van der Waals surface area contributed by atoms with Crippen LogP contribution in [0.25, 0.3) is 0 Å². The van der Waals surface area contributed by atoms with E-state index in [-0.39, 0.29) is 0 Å². The minimum absolute atomic E-state index is 0.538. The maximum atomic E-state index is 5.27.